The Hall–Kier alpha value is -0.860. The summed E-state index contributed by atoms with van der Waals surface area (Å²) >= 11 is 0. The second kappa shape index (κ2) is 3.13. The number of hydrogen-bond donors (Lipinski definition) is 0. The molecule has 2 rings (SSSR count). The van der Waals surface area contributed by atoms with E-state index < -0.39 is 0 Å². The topological polar surface area (TPSA) is 43.4 Å². The molecule has 0 aromatic rings. The smallest absolute Gasteiger partial charge is 0.309 e. The number of carbonyl (C=O) groups excluding carboxylic acids is 2. The summed E-state index contributed by atoms with van der Waals surface area (Å²) in [7, 11) is 1.40. The fourth-order valence-electron chi connectivity index (χ4n) is 2.31. The van der Waals surface area contributed by atoms with Crippen LogP contribution in [0.5, 0.6) is 0 Å². The molecular weight excluding hydrogens is 168 g/mol. The van der Waals surface area contributed by atoms with Crippen molar-refractivity contribution in [1.82, 2.24) is 0 Å². The van der Waals surface area contributed by atoms with Gasteiger partial charge in [-0.3, -0.25) is 9.59 Å². The highest BCUT2D eigenvalue weighted by Gasteiger charge is 2.46. The number of ether oxygens (including phenoxy) is 1. The Kier molecular flexibility index (Phi) is 2.10. The zero-order valence-electron chi connectivity index (χ0n) is 7.79. The predicted molar refractivity (Wildman–Crippen MR) is 46.0 cm³/mol. The van der Waals surface area contributed by atoms with Gasteiger partial charge in [0.1, 0.15) is 5.78 Å². The average molecular weight is 182 g/mol. The molecule has 2 aliphatic carbocycles. The molecule has 72 valence electrons. The summed E-state index contributed by atoms with van der Waals surface area (Å²) in [6.45, 7) is 0. The van der Waals surface area contributed by atoms with E-state index in [0.717, 1.165) is 0 Å². The van der Waals surface area contributed by atoms with E-state index in [2.05, 4.69) is 0 Å². The van der Waals surface area contributed by atoms with Gasteiger partial charge in [-0.15, -0.1) is 0 Å². The standard InChI is InChI=1S/C10H14O3/c1-13-10(12)9-5-7(11)4-8(9)6-2-3-6/h6,8-9H,2-5H2,1H3. The van der Waals surface area contributed by atoms with Gasteiger partial charge in [0.25, 0.3) is 0 Å². The molecule has 0 amide bonds. The van der Waals surface area contributed by atoms with Crippen molar-refractivity contribution < 1.29 is 14.3 Å². The predicted octanol–water partition coefficient (Wildman–Crippen LogP) is 1.16. The Balaban J connectivity index is 2.06. The summed E-state index contributed by atoms with van der Waals surface area (Å²) in [5.41, 5.74) is 0. The van der Waals surface area contributed by atoms with Crippen molar-refractivity contribution >= 4 is 11.8 Å². The zero-order chi connectivity index (χ0) is 9.42. The summed E-state index contributed by atoms with van der Waals surface area (Å²) in [5.74, 6) is 0.815. The van der Waals surface area contributed by atoms with E-state index in [0.29, 0.717) is 24.7 Å². The molecule has 0 heterocycles. The Morgan fingerprint density at radius 3 is 2.62 bits per heavy atom. The van der Waals surface area contributed by atoms with Crippen molar-refractivity contribution in [2.75, 3.05) is 7.11 Å². The van der Waals surface area contributed by atoms with Crippen molar-refractivity contribution in [2.45, 2.75) is 25.7 Å². The third-order valence-corrected chi connectivity index (χ3v) is 3.16. The second-order valence-electron chi connectivity index (χ2n) is 4.08. The highest BCUT2D eigenvalue weighted by molar-refractivity contribution is 5.88. The zero-order valence-corrected chi connectivity index (χ0v) is 7.79. The van der Waals surface area contributed by atoms with Gasteiger partial charge < -0.3 is 4.74 Å². The van der Waals surface area contributed by atoms with Crippen LogP contribution in [0.4, 0.5) is 0 Å². The summed E-state index contributed by atoms with van der Waals surface area (Å²) in [4.78, 5) is 22.5. The van der Waals surface area contributed by atoms with Gasteiger partial charge in [-0.1, -0.05) is 0 Å². The first-order chi connectivity index (χ1) is 6.22. The van der Waals surface area contributed by atoms with E-state index in [1.807, 2.05) is 0 Å². The molecule has 2 aliphatic rings. The van der Waals surface area contributed by atoms with Crippen molar-refractivity contribution in [3.63, 3.8) is 0 Å². The third-order valence-electron chi connectivity index (χ3n) is 3.16. The van der Waals surface area contributed by atoms with Crippen LogP contribution >= 0.6 is 0 Å². The van der Waals surface area contributed by atoms with Crippen LogP contribution in [-0.2, 0) is 14.3 Å². The van der Waals surface area contributed by atoms with Crippen LogP contribution in [0.3, 0.4) is 0 Å². The maximum atomic E-state index is 11.3. The van der Waals surface area contributed by atoms with Gasteiger partial charge in [-0.2, -0.15) is 0 Å². The molecule has 0 N–H and O–H groups in total. The molecule has 0 radical (unpaired) electrons. The Bertz CT molecular complexity index is 243. The van der Waals surface area contributed by atoms with Gasteiger partial charge in [0.2, 0.25) is 0 Å². The van der Waals surface area contributed by atoms with Crippen molar-refractivity contribution in [3.8, 4) is 0 Å². The minimum absolute atomic E-state index is 0.134. The number of ketones is 1. The van der Waals surface area contributed by atoms with Crippen LogP contribution in [0.2, 0.25) is 0 Å². The fourth-order valence-corrected chi connectivity index (χ4v) is 2.31. The number of esters is 1. The van der Waals surface area contributed by atoms with Crippen LogP contribution < -0.4 is 0 Å². The highest BCUT2D eigenvalue weighted by atomic mass is 16.5. The summed E-state index contributed by atoms with van der Waals surface area (Å²) in [5, 5.41) is 0. The molecule has 3 heteroatoms. The van der Waals surface area contributed by atoms with E-state index in [-0.39, 0.29) is 17.7 Å². The van der Waals surface area contributed by atoms with Crippen LogP contribution in [0.1, 0.15) is 25.7 Å². The molecule has 2 unspecified atom stereocenters. The fraction of sp³-hybridized carbons (Fsp3) is 0.800. The van der Waals surface area contributed by atoms with E-state index in [1.165, 1.54) is 20.0 Å². The quantitative estimate of drug-likeness (QED) is 0.602. The molecule has 0 saturated heterocycles. The van der Waals surface area contributed by atoms with Crippen LogP contribution in [0, 0.1) is 17.8 Å². The minimum Gasteiger partial charge on any atom is -0.469 e. The summed E-state index contributed by atoms with van der Waals surface area (Å²) in [6, 6.07) is 0. The summed E-state index contributed by atoms with van der Waals surface area (Å²) in [6.07, 6.45) is 3.38. The first kappa shape index (κ1) is 8.73. The number of rotatable bonds is 2. The Morgan fingerprint density at radius 2 is 2.08 bits per heavy atom. The van der Waals surface area contributed by atoms with Crippen LogP contribution in [0.15, 0.2) is 0 Å². The molecule has 0 spiro atoms. The Labute approximate surface area is 77.4 Å². The van der Waals surface area contributed by atoms with Gasteiger partial charge in [-0.05, 0) is 24.7 Å². The van der Waals surface area contributed by atoms with Gasteiger partial charge in [0.15, 0.2) is 0 Å². The number of hydrogen-bond acceptors (Lipinski definition) is 3. The van der Waals surface area contributed by atoms with Crippen molar-refractivity contribution in [2.24, 2.45) is 17.8 Å². The first-order valence-electron chi connectivity index (χ1n) is 4.82. The molecule has 2 saturated carbocycles. The van der Waals surface area contributed by atoms with E-state index in [4.69, 9.17) is 4.74 Å². The molecule has 0 aromatic carbocycles. The monoisotopic (exact) mass is 182 g/mol. The summed E-state index contributed by atoms with van der Waals surface area (Å²) < 4.78 is 4.70. The van der Waals surface area contributed by atoms with Gasteiger partial charge >= 0.3 is 5.97 Å². The van der Waals surface area contributed by atoms with Crippen molar-refractivity contribution in [3.05, 3.63) is 0 Å². The van der Waals surface area contributed by atoms with E-state index in [1.54, 1.807) is 0 Å². The molecule has 0 bridgehead atoms. The maximum Gasteiger partial charge on any atom is 0.309 e. The second-order valence-corrected chi connectivity index (χ2v) is 4.08. The number of carbonyl (C=O) groups is 2. The molecular formula is C10H14O3. The molecule has 13 heavy (non-hydrogen) atoms. The normalized spacial score (nSPS) is 33.5. The van der Waals surface area contributed by atoms with Crippen molar-refractivity contribution in [1.29, 1.82) is 0 Å². The molecule has 0 aliphatic heterocycles. The lowest BCUT2D eigenvalue weighted by Gasteiger charge is -2.14. The van der Waals surface area contributed by atoms with Gasteiger partial charge in [-0.25, -0.2) is 0 Å². The SMILES string of the molecule is COC(=O)C1CC(=O)CC1C1CC1. The molecule has 0 aromatic heterocycles. The number of Topliss-reactive ketones (excluding diaryl/α,β-unsaturated/α-hetero) is 1. The molecule has 3 nitrogen and oxygen atoms in total. The lowest BCUT2D eigenvalue weighted by Crippen LogP contribution is -2.21. The molecule has 2 atom stereocenters. The lowest BCUT2D eigenvalue weighted by atomic mass is 9.92. The van der Waals surface area contributed by atoms with Crippen LogP contribution in [-0.4, -0.2) is 18.9 Å². The highest BCUT2D eigenvalue weighted by Crippen LogP contribution is 2.47. The average Bonchev–Trinajstić information content (AvgIpc) is 2.89. The third kappa shape index (κ3) is 1.60. The number of methoxy groups -OCH3 is 1. The van der Waals surface area contributed by atoms with E-state index in [9.17, 15) is 9.59 Å². The Morgan fingerprint density at radius 1 is 1.38 bits per heavy atom. The first-order valence-corrected chi connectivity index (χ1v) is 4.82. The van der Waals surface area contributed by atoms with Crippen LogP contribution in [0.25, 0.3) is 0 Å². The minimum atomic E-state index is -0.192. The van der Waals surface area contributed by atoms with E-state index >= 15 is 0 Å². The van der Waals surface area contributed by atoms with Gasteiger partial charge in [0, 0.05) is 12.8 Å². The molecule has 2 fully saturated rings. The lowest BCUT2D eigenvalue weighted by molar-refractivity contribution is -0.147. The maximum absolute atomic E-state index is 11.3. The largest absolute Gasteiger partial charge is 0.469 e. The van der Waals surface area contributed by atoms with Gasteiger partial charge in [0.05, 0.1) is 13.0 Å².